The van der Waals surface area contributed by atoms with Gasteiger partial charge < -0.3 is 19.3 Å². The number of hydrogen-bond acceptors (Lipinski definition) is 6. The Morgan fingerprint density at radius 2 is 1.17 bits per heavy atom. The highest BCUT2D eigenvalue weighted by atomic mass is 32.2. The van der Waals surface area contributed by atoms with Gasteiger partial charge in [-0.05, 0) is 113 Å². The summed E-state index contributed by atoms with van der Waals surface area (Å²) in [5.41, 5.74) is 8.17. The number of hydrogen-bond donors (Lipinski definition) is 0. The molecule has 0 unspecified atom stereocenters. The lowest BCUT2D eigenvalue weighted by Crippen LogP contribution is -2.29. The highest BCUT2D eigenvalue weighted by Gasteiger charge is 2.09. The Hall–Kier alpha value is -4.66. The van der Waals surface area contributed by atoms with Crippen LogP contribution in [0, 0.1) is 6.92 Å². The van der Waals surface area contributed by atoms with E-state index >= 15 is 0 Å². The zero-order valence-corrected chi connectivity index (χ0v) is 28.2. The summed E-state index contributed by atoms with van der Waals surface area (Å²) in [6.45, 7) is 14.7. The molecule has 0 amide bonds. The first kappa shape index (κ1) is 34.2. The fraction of sp³-hybridized carbons (Fsp3) is 0.237. The second kappa shape index (κ2) is 16.1. The zero-order chi connectivity index (χ0) is 33.1. The second-order valence-electron chi connectivity index (χ2n) is 10.9. The van der Waals surface area contributed by atoms with Crippen molar-refractivity contribution < 1.29 is 17.5 Å². The Balaban J connectivity index is 0.000000369. The lowest BCUT2D eigenvalue weighted by atomic mass is 10.1. The van der Waals surface area contributed by atoms with Gasteiger partial charge in [-0.1, -0.05) is 17.7 Å². The van der Waals surface area contributed by atoms with Gasteiger partial charge in [-0.2, -0.15) is 4.57 Å². The van der Waals surface area contributed by atoms with Crippen molar-refractivity contribution in [2.45, 2.75) is 39.5 Å². The van der Waals surface area contributed by atoms with Gasteiger partial charge >= 0.3 is 0 Å². The Labute approximate surface area is 274 Å². The average molecular weight is 637 g/mol. The van der Waals surface area contributed by atoms with Gasteiger partial charge in [0, 0.05) is 79.9 Å². The molecule has 1 aromatic heterocycles. The summed E-state index contributed by atoms with van der Waals surface area (Å²) < 4.78 is 33.3. The van der Waals surface area contributed by atoms with E-state index in [2.05, 4.69) is 151 Å². The summed E-state index contributed by atoms with van der Waals surface area (Å²) >= 11 is 0. The number of aromatic nitrogens is 1. The van der Waals surface area contributed by atoms with Crippen LogP contribution in [0.15, 0.2) is 132 Å². The highest BCUT2D eigenvalue weighted by molar-refractivity contribution is 7.85. The summed E-state index contributed by atoms with van der Waals surface area (Å²) in [4.78, 5) is 6.70. The van der Waals surface area contributed by atoms with E-state index in [1.165, 1.54) is 46.0 Å². The Morgan fingerprint density at radius 3 is 1.63 bits per heavy atom. The third-order valence-corrected chi connectivity index (χ3v) is 8.76. The molecule has 7 nitrogen and oxygen atoms in total. The van der Waals surface area contributed by atoms with Crippen molar-refractivity contribution >= 4 is 33.3 Å². The van der Waals surface area contributed by atoms with Crippen LogP contribution in [0.1, 0.15) is 38.8 Å². The first-order chi connectivity index (χ1) is 22.1. The van der Waals surface area contributed by atoms with Crippen molar-refractivity contribution in [1.82, 2.24) is 0 Å². The Bertz CT molecular complexity index is 1720. The first-order valence-electron chi connectivity index (χ1n) is 15.8. The zero-order valence-electron chi connectivity index (χ0n) is 27.4. The van der Waals surface area contributed by atoms with Crippen molar-refractivity contribution in [1.29, 1.82) is 0 Å². The van der Waals surface area contributed by atoms with Crippen LogP contribution in [0.4, 0.5) is 17.1 Å². The molecule has 240 valence electrons. The van der Waals surface area contributed by atoms with Crippen LogP contribution < -0.4 is 19.3 Å². The normalized spacial score (nSPS) is 12.4. The van der Waals surface area contributed by atoms with Crippen molar-refractivity contribution in [3.8, 4) is 5.69 Å². The fourth-order valence-corrected chi connectivity index (χ4v) is 5.63. The standard InChI is InChI=1S/C31H37N4.C7H8O3S/c1-5-32(6-2)28-9-13-30(14-10-28)34-21-17-26(18-22-34)25-27-19-23-35(24-20-27)31-15-11-29(12-16-31)33(7-3)8-4;1-6-2-4-7(5-3-6)11(8,9)10/h9-25H,5-8H2,1-4H3;2-5H,1H3,(H,8,9,10)/q+1;/p-1. The van der Waals surface area contributed by atoms with E-state index in [1.807, 2.05) is 6.92 Å². The topological polar surface area (TPSA) is 70.8 Å². The third kappa shape index (κ3) is 9.19. The van der Waals surface area contributed by atoms with E-state index in [4.69, 9.17) is 0 Å². The van der Waals surface area contributed by atoms with E-state index in [-0.39, 0.29) is 4.90 Å². The van der Waals surface area contributed by atoms with Gasteiger partial charge in [-0.15, -0.1) is 0 Å². The molecule has 46 heavy (non-hydrogen) atoms. The molecule has 1 aliphatic rings. The van der Waals surface area contributed by atoms with Crippen LogP contribution in [0.2, 0.25) is 0 Å². The first-order valence-corrected chi connectivity index (χ1v) is 17.2. The van der Waals surface area contributed by atoms with Gasteiger partial charge in [-0.3, -0.25) is 0 Å². The SMILES string of the molecule is CCN(CC)c1ccc(N2C=CC(=Cc3cc[n+](-c4ccc(N(CC)CC)cc4)cc3)C=C2)cc1.Cc1ccc(S(=O)(=O)[O-])cc1. The molecule has 5 rings (SSSR count). The number of allylic oxidation sites excluding steroid dienone is 3. The number of anilines is 3. The molecule has 8 heteroatoms. The van der Waals surface area contributed by atoms with E-state index < -0.39 is 10.1 Å². The van der Waals surface area contributed by atoms with Crippen LogP contribution in [-0.2, 0) is 10.1 Å². The van der Waals surface area contributed by atoms with Crippen molar-refractivity contribution in [2.24, 2.45) is 0 Å². The quantitative estimate of drug-likeness (QED) is 0.133. The maximum atomic E-state index is 10.4. The predicted octanol–water partition coefficient (Wildman–Crippen LogP) is 7.49. The summed E-state index contributed by atoms with van der Waals surface area (Å²) in [5.74, 6) is 0. The minimum Gasteiger partial charge on any atom is -0.744 e. The molecule has 1 aliphatic heterocycles. The van der Waals surface area contributed by atoms with Gasteiger partial charge in [0.05, 0.1) is 4.90 Å². The molecule has 0 saturated heterocycles. The number of rotatable bonds is 10. The summed E-state index contributed by atoms with van der Waals surface area (Å²) in [5, 5.41) is 0. The molecular weight excluding hydrogens is 593 g/mol. The largest absolute Gasteiger partial charge is 0.744 e. The summed E-state index contributed by atoms with van der Waals surface area (Å²) in [7, 11) is -4.27. The van der Waals surface area contributed by atoms with Crippen molar-refractivity contribution in [3.63, 3.8) is 0 Å². The predicted molar refractivity (Wildman–Crippen MR) is 189 cm³/mol. The number of nitrogens with zero attached hydrogens (tertiary/aromatic N) is 4. The number of pyridine rings is 1. The van der Waals surface area contributed by atoms with Crippen LogP contribution in [0.25, 0.3) is 11.8 Å². The lowest BCUT2D eigenvalue weighted by molar-refractivity contribution is -0.595. The monoisotopic (exact) mass is 636 g/mol. The maximum Gasteiger partial charge on any atom is 0.210 e. The van der Waals surface area contributed by atoms with Gasteiger partial charge in [0.2, 0.25) is 5.69 Å². The molecule has 0 atom stereocenters. The minimum atomic E-state index is -4.27. The van der Waals surface area contributed by atoms with Crippen LogP contribution >= 0.6 is 0 Å². The third-order valence-electron chi connectivity index (χ3n) is 7.91. The maximum absolute atomic E-state index is 10.4. The molecule has 0 fully saturated rings. The van der Waals surface area contributed by atoms with Gasteiger partial charge in [0.1, 0.15) is 10.1 Å². The van der Waals surface area contributed by atoms with Crippen molar-refractivity contribution in [2.75, 3.05) is 40.9 Å². The van der Waals surface area contributed by atoms with Crippen molar-refractivity contribution in [3.05, 3.63) is 139 Å². The Kier molecular flexibility index (Phi) is 11.9. The fourth-order valence-electron chi connectivity index (χ4n) is 5.16. The molecular formula is C38H44N4O3S. The number of benzene rings is 3. The van der Waals surface area contributed by atoms with Gasteiger partial charge in [-0.25, -0.2) is 8.42 Å². The van der Waals surface area contributed by atoms with Gasteiger partial charge in [0.25, 0.3) is 0 Å². The molecule has 0 aliphatic carbocycles. The molecule has 3 aromatic carbocycles. The molecule has 0 saturated carbocycles. The molecule has 2 heterocycles. The summed E-state index contributed by atoms with van der Waals surface area (Å²) in [6.07, 6.45) is 15.0. The Morgan fingerprint density at radius 1 is 0.696 bits per heavy atom. The van der Waals surface area contributed by atoms with E-state index in [9.17, 15) is 13.0 Å². The molecule has 0 radical (unpaired) electrons. The minimum absolute atomic E-state index is 0.178. The molecule has 0 N–H and O–H groups in total. The van der Waals surface area contributed by atoms with E-state index in [1.54, 1.807) is 12.1 Å². The van der Waals surface area contributed by atoms with Crippen LogP contribution in [-0.4, -0.2) is 39.1 Å². The molecule has 4 aromatic rings. The summed E-state index contributed by atoms with van der Waals surface area (Å²) in [6, 6.07) is 27.6. The van der Waals surface area contributed by atoms with Crippen LogP contribution in [0.5, 0.6) is 0 Å². The van der Waals surface area contributed by atoms with Gasteiger partial charge in [0.15, 0.2) is 12.4 Å². The highest BCUT2D eigenvalue weighted by Crippen LogP contribution is 2.24. The molecule has 0 spiro atoms. The number of aryl methyl sites for hydroxylation is 1. The van der Waals surface area contributed by atoms with Crippen LogP contribution in [0.3, 0.4) is 0 Å². The lowest BCUT2D eigenvalue weighted by Gasteiger charge is -2.23. The smallest absolute Gasteiger partial charge is 0.210 e. The van der Waals surface area contributed by atoms with E-state index in [0.717, 1.165) is 31.7 Å². The average Bonchev–Trinajstić information content (AvgIpc) is 3.07. The second-order valence-corrected chi connectivity index (χ2v) is 12.2. The van der Waals surface area contributed by atoms with E-state index in [0.29, 0.717) is 0 Å². The molecule has 0 bridgehead atoms.